The number of rotatable bonds is 3. The fourth-order valence-corrected chi connectivity index (χ4v) is 2.93. The molecule has 14 heavy (non-hydrogen) atoms. The van der Waals surface area contributed by atoms with Crippen molar-refractivity contribution < 1.29 is 30.4 Å². The van der Waals surface area contributed by atoms with Crippen LogP contribution in [0, 0.1) is 6.92 Å². The number of amides is 1. The normalized spacial score (nSPS) is 9.71. The van der Waals surface area contributed by atoms with Crippen molar-refractivity contribution in [2.75, 3.05) is 11.9 Å². The van der Waals surface area contributed by atoms with Gasteiger partial charge in [0.05, 0.1) is 0 Å². The standard InChI is InChI=1S/C10H12N2O.Hg/c1-7-4-3-5-9(8(7)2)12-10(13)6-11;/h1,3-5H,6,11H2,2H3,(H,12,13);. The van der Waals surface area contributed by atoms with Crippen molar-refractivity contribution in [1.82, 2.24) is 0 Å². The molecular formula is C10H12HgN2O. The van der Waals surface area contributed by atoms with Gasteiger partial charge in [0.25, 0.3) is 0 Å². The van der Waals surface area contributed by atoms with E-state index in [2.05, 4.69) is 14.9 Å². The van der Waals surface area contributed by atoms with Crippen LogP contribution in [0.5, 0.6) is 0 Å². The van der Waals surface area contributed by atoms with Crippen LogP contribution in [-0.4, -0.2) is 16.0 Å². The van der Waals surface area contributed by atoms with Gasteiger partial charge >= 0.3 is 99.4 Å². The SMILES string of the molecule is Cc1c([CH]=[Hg])cccc1NC(=O)CN. The second-order valence-corrected chi connectivity index (χ2v) is 4.56. The Morgan fingerprint density at radius 2 is 2.36 bits per heavy atom. The third-order valence-corrected chi connectivity index (χ3v) is 3.76. The number of nitrogens with two attached hydrogens (primary N) is 1. The van der Waals surface area contributed by atoms with Crippen LogP contribution in [0.3, 0.4) is 0 Å². The van der Waals surface area contributed by atoms with E-state index in [1.54, 1.807) is 0 Å². The number of anilines is 1. The molecule has 0 bridgehead atoms. The van der Waals surface area contributed by atoms with E-state index in [9.17, 15) is 4.79 Å². The van der Waals surface area contributed by atoms with Crippen LogP contribution < -0.4 is 11.1 Å². The van der Waals surface area contributed by atoms with Gasteiger partial charge < -0.3 is 0 Å². The van der Waals surface area contributed by atoms with Crippen molar-refractivity contribution in [3.63, 3.8) is 0 Å². The van der Waals surface area contributed by atoms with Gasteiger partial charge in [0.15, 0.2) is 0 Å². The third kappa shape index (κ3) is 2.72. The predicted octanol–water partition coefficient (Wildman–Crippen LogP) is 0.589. The van der Waals surface area contributed by atoms with Crippen molar-refractivity contribution in [2.24, 2.45) is 5.73 Å². The zero-order chi connectivity index (χ0) is 10.6. The molecule has 1 aromatic rings. The molecule has 0 radical (unpaired) electrons. The summed E-state index contributed by atoms with van der Waals surface area (Å²) in [6, 6.07) is 5.89. The van der Waals surface area contributed by atoms with Crippen molar-refractivity contribution in [1.29, 1.82) is 0 Å². The molecular weight excluding hydrogens is 365 g/mol. The summed E-state index contributed by atoms with van der Waals surface area (Å²) >= 11 is 0.627. The minimum absolute atomic E-state index is 0.0256. The molecule has 1 aromatic carbocycles. The molecule has 0 aromatic heterocycles. The fourth-order valence-electron chi connectivity index (χ4n) is 1.21. The third-order valence-electron chi connectivity index (χ3n) is 2.06. The molecule has 3 nitrogen and oxygen atoms in total. The molecule has 0 unspecified atom stereocenters. The Hall–Kier alpha value is -0.545. The Morgan fingerprint density at radius 3 is 2.93 bits per heavy atom. The number of hydrogen-bond donors (Lipinski definition) is 2. The summed E-state index contributed by atoms with van der Waals surface area (Å²) in [5.74, 6) is -0.150. The van der Waals surface area contributed by atoms with Crippen LogP contribution in [0.4, 0.5) is 5.69 Å². The molecule has 0 saturated carbocycles. The molecule has 0 saturated heterocycles. The molecule has 4 heteroatoms. The summed E-state index contributed by atoms with van der Waals surface area (Å²) in [7, 11) is 0. The number of carbonyl (C=O) groups excluding carboxylic acids is 1. The Morgan fingerprint density at radius 1 is 1.64 bits per heavy atom. The molecule has 1 rings (SSSR count). The maximum atomic E-state index is 11.1. The number of hydrogen-bond acceptors (Lipinski definition) is 2. The Bertz CT molecular complexity index is 363. The van der Waals surface area contributed by atoms with Gasteiger partial charge in [-0.3, -0.25) is 0 Å². The van der Waals surface area contributed by atoms with E-state index >= 15 is 0 Å². The molecule has 0 aliphatic carbocycles. The quantitative estimate of drug-likeness (QED) is 0.759. The molecule has 0 atom stereocenters. The van der Waals surface area contributed by atoms with Gasteiger partial charge in [0.1, 0.15) is 0 Å². The molecule has 70 valence electrons. The average molecular weight is 377 g/mol. The Balaban J connectivity index is 2.97. The van der Waals surface area contributed by atoms with Gasteiger partial charge in [-0.25, -0.2) is 0 Å². The predicted molar refractivity (Wildman–Crippen MR) is 54.0 cm³/mol. The zero-order valence-corrected chi connectivity index (χ0v) is 13.7. The first-order valence-corrected chi connectivity index (χ1v) is 7.58. The van der Waals surface area contributed by atoms with Crippen LogP contribution in [-0.2, 0) is 30.4 Å². The first kappa shape index (κ1) is 11.5. The molecule has 0 fully saturated rings. The summed E-state index contributed by atoms with van der Waals surface area (Å²) < 4.78 is 2.20. The first-order valence-electron chi connectivity index (χ1n) is 4.41. The van der Waals surface area contributed by atoms with Gasteiger partial charge in [0, 0.05) is 0 Å². The summed E-state index contributed by atoms with van der Waals surface area (Å²) in [6.07, 6.45) is 0. The van der Waals surface area contributed by atoms with Gasteiger partial charge in [-0.05, 0) is 0 Å². The molecule has 0 spiro atoms. The molecule has 0 aliphatic heterocycles. The summed E-state index contributed by atoms with van der Waals surface area (Å²) in [5.41, 5.74) is 8.42. The van der Waals surface area contributed by atoms with Gasteiger partial charge in [0.2, 0.25) is 0 Å². The first-order chi connectivity index (χ1) is 6.69. The van der Waals surface area contributed by atoms with Gasteiger partial charge in [-0.1, -0.05) is 0 Å². The molecule has 0 aliphatic rings. The zero-order valence-electron chi connectivity index (χ0n) is 8.21. The second kappa shape index (κ2) is 5.36. The van der Waals surface area contributed by atoms with E-state index in [1.807, 2.05) is 19.1 Å². The Kier molecular flexibility index (Phi) is 4.42. The van der Waals surface area contributed by atoms with E-state index in [1.165, 1.54) is 5.56 Å². The van der Waals surface area contributed by atoms with Crippen LogP contribution in [0.15, 0.2) is 18.2 Å². The van der Waals surface area contributed by atoms with Crippen molar-refractivity contribution >= 4 is 15.1 Å². The summed E-state index contributed by atoms with van der Waals surface area (Å²) in [4.78, 5) is 11.1. The summed E-state index contributed by atoms with van der Waals surface area (Å²) in [6.45, 7) is 2.03. The second-order valence-electron chi connectivity index (χ2n) is 2.98. The molecule has 0 heterocycles. The fraction of sp³-hybridized carbons (Fsp3) is 0.200. The van der Waals surface area contributed by atoms with Crippen molar-refractivity contribution in [3.05, 3.63) is 29.3 Å². The van der Waals surface area contributed by atoms with Gasteiger partial charge in [-0.15, -0.1) is 0 Å². The van der Waals surface area contributed by atoms with E-state index < -0.39 is 0 Å². The average Bonchev–Trinajstić information content (AvgIpc) is 2.21. The van der Waals surface area contributed by atoms with E-state index in [-0.39, 0.29) is 12.5 Å². The number of benzene rings is 1. The van der Waals surface area contributed by atoms with Crippen molar-refractivity contribution in [3.8, 4) is 0 Å². The van der Waals surface area contributed by atoms with Crippen LogP contribution in [0.1, 0.15) is 11.1 Å². The Labute approximate surface area is 99.1 Å². The van der Waals surface area contributed by atoms with Crippen molar-refractivity contribution in [2.45, 2.75) is 6.92 Å². The topological polar surface area (TPSA) is 55.1 Å². The maximum absolute atomic E-state index is 11.1. The van der Waals surface area contributed by atoms with E-state index in [4.69, 9.17) is 5.73 Å². The molecule has 3 N–H and O–H groups in total. The van der Waals surface area contributed by atoms with E-state index in [0.717, 1.165) is 11.3 Å². The minimum atomic E-state index is -0.150. The summed E-state index contributed by atoms with van der Waals surface area (Å²) in [5, 5.41) is 2.77. The monoisotopic (exact) mass is 378 g/mol. The van der Waals surface area contributed by atoms with E-state index in [0.29, 0.717) is 25.6 Å². The van der Waals surface area contributed by atoms with Crippen LogP contribution in [0.25, 0.3) is 0 Å². The van der Waals surface area contributed by atoms with Gasteiger partial charge in [-0.2, -0.15) is 0 Å². The van der Waals surface area contributed by atoms with Crippen LogP contribution in [0.2, 0.25) is 0 Å². The number of carbonyl (C=O) groups is 1. The van der Waals surface area contributed by atoms with Crippen LogP contribution >= 0.6 is 0 Å². The molecule has 1 amide bonds. The number of nitrogens with one attached hydrogen (secondary N) is 1.